The highest BCUT2D eigenvalue weighted by atomic mass is 35.5. The number of nitrogens with zero attached hydrogens (tertiary/aromatic N) is 1. The number of aryl methyl sites for hydroxylation is 2. The number of amides is 1. The molecular weight excluding hydrogens is 492 g/mol. The Hall–Kier alpha value is -3.07. The average Bonchev–Trinajstić information content (AvgIpc) is 3.24. The number of rotatable bonds is 6. The summed E-state index contributed by atoms with van der Waals surface area (Å²) in [6.45, 7) is 4.02. The second kappa shape index (κ2) is 9.29. The predicted octanol–water partition coefficient (Wildman–Crippen LogP) is 6.26. The fraction of sp³-hybridized carbons (Fsp3) is 0.160. The van der Waals surface area contributed by atoms with Crippen LogP contribution in [0.3, 0.4) is 0 Å². The summed E-state index contributed by atoms with van der Waals surface area (Å²) >= 11 is 7.48. The summed E-state index contributed by atoms with van der Waals surface area (Å²) in [5.41, 5.74) is 3.46. The Balaban J connectivity index is 1.60. The summed E-state index contributed by atoms with van der Waals surface area (Å²) in [4.78, 5) is 13.4. The van der Waals surface area contributed by atoms with Gasteiger partial charge in [0.05, 0.1) is 27.6 Å². The molecule has 1 aromatic heterocycles. The molecule has 34 heavy (non-hydrogen) atoms. The first-order valence-electron chi connectivity index (χ1n) is 10.3. The predicted molar refractivity (Wildman–Crippen MR) is 139 cm³/mol. The minimum atomic E-state index is -3.85. The zero-order valence-electron chi connectivity index (χ0n) is 19.0. The van der Waals surface area contributed by atoms with Crippen molar-refractivity contribution in [1.29, 1.82) is 0 Å². The van der Waals surface area contributed by atoms with E-state index in [0.29, 0.717) is 16.3 Å². The Kier molecular flexibility index (Phi) is 6.58. The van der Waals surface area contributed by atoms with Gasteiger partial charge in [0.25, 0.3) is 15.9 Å². The molecule has 0 unspecified atom stereocenters. The van der Waals surface area contributed by atoms with Crippen LogP contribution in [0.5, 0.6) is 5.75 Å². The summed E-state index contributed by atoms with van der Waals surface area (Å²) in [5, 5.41) is 3.92. The molecule has 1 heterocycles. The van der Waals surface area contributed by atoms with Crippen molar-refractivity contribution >= 4 is 60.3 Å². The fourth-order valence-corrected chi connectivity index (χ4v) is 5.93. The average molecular weight is 515 g/mol. The molecule has 0 saturated heterocycles. The van der Waals surface area contributed by atoms with Crippen LogP contribution in [-0.2, 0) is 10.0 Å². The van der Waals surface area contributed by atoms with E-state index in [1.807, 2.05) is 38.1 Å². The van der Waals surface area contributed by atoms with E-state index in [1.54, 1.807) is 18.2 Å². The van der Waals surface area contributed by atoms with Crippen LogP contribution in [0.25, 0.3) is 10.1 Å². The maximum Gasteiger partial charge on any atom is 0.265 e. The molecule has 0 bridgehead atoms. The van der Waals surface area contributed by atoms with Crippen molar-refractivity contribution < 1.29 is 17.9 Å². The minimum Gasteiger partial charge on any atom is -0.495 e. The van der Waals surface area contributed by atoms with E-state index in [2.05, 4.69) is 5.32 Å². The number of hydrogen-bond donors (Lipinski definition) is 1. The summed E-state index contributed by atoms with van der Waals surface area (Å²) in [5.74, 6) is 0.189. The highest BCUT2D eigenvalue weighted by molar-refractivity contribution is 7.92. The molecule has 4 aromatic rings. The van der Waals surface area contributed by atoms with Crippen molar-refractivity contribution in [2.45, 2.75) is 18.7 Å². The second-order valence-electron chi connectivity index (χ2n) is 7.85. The van der Waals surface area contributed by atoms with Gasteiger partial charge in [-0.25, -0.2) is 8.42 Å². The van der Waals surface area contributed by atoms with Gasteiger partial charge in [0.1, 0.15) is 5.75 Å². The highest BCUT2D eigenvalue weighted by Gasteiger charge is 2.23. The maximum atomic E-state index is 13.2. The molecule has 1 amide bonds. The number of ether oxygens (including phenoxy) is 1. The van der Waals surface area contributed by atoms with E-state index in [9.17, 15) is 13.2 Å². The number of anilines is 2. The van der Waals surface area contributed by atoms with Crippen LogP contribution in [0.1, 0.15) is 20.8 Å². The van der Waals surface area contributed by atoms with E-state index >= 15 is 0 Å². The number of carbonyl (C=O) groups excluding carboxylic acids is 1. The largest absolute Gasteiger partial charge is 0.495 e. The van der Waals surface area contributed by atoms with Gasteiger partial charge < -0.3 is 10.1 Å². The highest BCUT2D eigenvalue weighted by Crippen LogP contribution is 2.33. The van der Waals surface area contributed by atoms with E-state index < -0.39 is 10.0 Å². The van der Waals surface area contributed by atoms with Crippen molar-refractivity contribution in [2.75, 3.05) is 23.8 Å². The van der Waals surface area contributed by atoms with E-state index in [0.717, 1.165) is 26.9 Å². The molecule has 1 N–H and O–H groups in total. The Bertz CT molecular complexity index is 1510. The third-order valence-electron chi connectivity index (χ3n) is 5.63. The van der Waals surface area contributed by atoms with Gasteiger partial charge in [0.15, 0.2) is 0 Å². The maximum absolute atomic E-state index is 13.2. The van der Waals surface area contributed by atoms with Crippen molar-refractivity contribution in [1.82, 2.24) is 0 Å². The van der Waals surface area contributed by atoms with Crippen molar-refractivity contribution in [3.63, 3.8) is 0 Å². The van der Waals surface area contributed by atoms with Gasteiger partial charge in [-0.15, -0.1) is 11.3 Å². The van der Waals surface area contributed by atoms with Crippen molar-refractivity contribution in [2.24, 2.45) is 0 Å². The molecule has 0 radical (unpaired) electrons. The number of nitrogens with one attached hydrogen (secondary N) is 1. The number of hydrogen-bond acceptors (Lipinski definition) is 5. The van der Waals surface area contributed by atoms with Crippen LogP contribution >= 0.6 is 22.9 Å². The molecule has 6 nitrogen and oxygen atoms in total. The van der Waals surface area contributed by atoms with Gasteiger partial charge in [-0.1, -0.05) is 17.7 Å². The van der Waals surface area contributed by atoms with Gasteiger partial charge in [0, 0.05) is 17.4 Å². The van der Waals surface area contributed by atoms with Gasteiger partial charge in [-0.05, 0) is 85.0 Å². The number of carbonyl (C=O) groups is 1. The van der Waals surface area contributed by atoms with Crippen molar-refractivity contribution in [3.8, 4) is 5.75 Å². The Morgan fingerprint density at radius 2 is 1.76 bits per heavy atom. The molecule has 0 atom stereocenters. The molecule has 0 spiro atoms. The molecule has 9 heteroatoms. The van der Waals surface area contributed by atoms with Crippen molar-refractivity contribution in [3.05, 3.63) is 81.7 Å². The normalized spacial score (nSPS) is 11.4. The second-order valence-corrected chi connectivity index (χ2v) is 11.3. The topological polar surface area (TPSA) is 75.7 Å². The quantitative estimate of drug-likeness (QED) is 0.329. The Morgan fingerprint density at radius 3 is 2.44 bits per heavy atom. The molecule has 0 aliphatic heterocycles. The summed E-state index contributed by atoms with van der Waals surface area (Å²) in [6, 6.07) is 17.2. The molecule has 0 aliphatic carbocycles. The van der Waals surface area contributed by atoms with Crippen LogP contribution in [0.4, 0.5) is 11.4 Å². The van der Waals surface area contributed by atoms with Crippen LogP contribution in [-0.4, -0.2) is 28.5 Å². The minimum absolute atomic E-state index is 0.0553. The van der Waals surface area contributed by atoms with Crippen LogP contribution < -0.4 is 14.4 Å². The summed E-state index contributed by atoms with van der Waals surface area (Å²) < 4.78 is 33.5. The van der Waals surface area contributed by atoms with Crippen LogP contribution in [0.15, 0.2) is 65.6 Å². The molecule has 0 fully saturated rings. The smallest absolute Gasteiger partial charge is 0.265 e. The number of fused-ring (bicyclic) bond motifs is 1. The van der Waals surface area contributed by atoms with E-state index in [4.69, 9.17) is 16.3 Å². The first kappa shape index (κ1) is 24.1. The zero-order valence-corrected chi connectivity index (χ0v) is 21.4. The van der Waals surface area contributed by atoms with Gasteiger partial charge >= 0.3 is 0 Å². The zero-order chi connectivity index (χ0) is 24.6. The SMILES string of the molecule is COc1ccc(S(=O)(=O)N(C)c2ccc3sc(C(=O)Nc4ccc(C)c(C)c4)cc3c2)cc1Cl. The third-order valence-corrected chi connectivity index (χ3v) is 8.83. The summed E-state index contributed by atoms with van der Waals surface area (Å²) in [6.07, 6.45) is 0. The molecule has 0 aliphatic rings. The number of benzene rings is 3. The fourth-order valence-electron chi connectivity index (χ4n) is 3.45. The lowest BCUT2D eigenvalue weighted by Gasteiger charge is -2.20. The van der Waals surface area contributed by atoms with E-state index in [-0.39, 0.29) is 15.8 Å². The van der Waals surface area contributed by atoms with Crippen LogP contribution in [0, 0.1) is 13.8 Å². The lowest BCUT2D eigenvalue weighted by Crippen LogP contribution is -2.26. The van der Waals surface area contributed by atoms with E-state index in [1.165, 1.54) is 48.0 Å². The Labute approximate surface area is 207 Å². The first-order valence-corrected chi connectivity index (χ1v) is 13.0. The molecule has 4 rings (SSSR count). The first-order chi connectivity index (χ1) is 16.1. The monoisotopic (exact) mass is 514 g/mol. The molecule has 176 valence electrons. The number of halogens is 1. The molecular formula is C25H23ClN2O4S2. The number of thiophene rings is 1. The van der Waals surface area contributed by atoms with Gasteiger partial charge in [-0.2, -0.15) is 0 Å². The Morgan fingerprint density at radius 1 is 1.00 bits per heavy atom. The third kappa shape index (κ3) is 4.61. The standard InChI is InChI=1S/C25H23ClN2O4S2/c1-15-5-6-18(11-16(15)2)27-25(29)24-13-17-12-19(7-10-23(17)33-24)28(3)34(30,31)20-8-9-22(32-4)21(26)14-20/h5-14H,1-4H3,(H,27,29). The number of sulfonamides is 1. The molecule has 3 aromatic carbocycles. The summed E-state index contributed by atoms with van der Waals surface area (Å²) in [7, 11) is -0.902. The van der Waals surface area contributed by atoms with Crippen LogP contribution in [0.2, 0.25) is 5.02 Å². The number of methoxy groups -OCH3 is 1. The van der Waals surface area contributed by atoms with Gasteiger partial charge in [-0.3, -0.25) is 9.10 Å². The molecule has 0 saturated carbocycles. The lowest BCUT2D eigenvalue weighted by molar-refractivity contribution is 0.103. The lowest BCUT2D eigenvalue weighted by atomic mass is 10.1. The van der Waals surface area contributed by atoms with Gasteiger partial charge in [0.2, 0.25) is 0 Å².